The Morgan fingerprint density at radius 2 is 1.76 bits per heavy atom. The largest absolute Gasteiger partial charge is 0.487 e. The first-order chi connectivity index (χ1) is 9.96. The van der Waals surface area contributed by atoms with Gasteiger partial charge in [-0.2, -0.15) is 0 Å². The molecule has 1 aliphatic rings. The predicted octanol–water partition coefficient (Wildman–Crippen LogP) is 4.24. The molecular weight excluding hydrogens is 260 g/mol. The van der Waals surface area contributed by atoms with Crippen molar-refractivity contribution >= 4 is 0 Å². The van der Waals surface area contributed by atoms with Crippen molar-refractivity contribution < 1.29 is 9.84 Å². The van der Waals surface area contributed by atoms with E-state index < -0.39 is 6.10 Å². The lowest BCUT2D eigenvalue weighted by molar-refractivity contribution is 0.138. The van der Waals surface area contributed by atoms with E-state index in [4.69, 9.17) is 4.74 Å². The summed E-state index contributed by atoms with van der Waals surface area (Å²) >= 11 is 0. The van der Waals surface area contributed by atoms with Gasteiger partial charge in [-0.05, 0) is 42.7 Å². The molecule has 0 saturated heterocycles. The molecule has 1 heterocycles. The number of rotatable bonds is 3. The number of hydrogen-bond donors (Lipinski definition) is 1. The third kappa shape index (κ3) is 2.81. The van der Waals surface area contributed by atoms with Gasteiger partial charge < -0.3 is 9.84 Å². The van der Waals surface area contributed by atoms with Crippen LogP contribution < -0.4 is 4.74 Å². The molecule has 0 fully saturated rings. The van der Waals surface area contributed by atoms with E-state index in [0.717, 1.165) is 23.3 Å². The van der Waals surface area contributed by atoms with Gasteiger partial charge in [-0.1, -0.05) is 43.3 Å². The van der Waals surface area contributed by atoms with Crippen LogP contribution in [-0.2, 0) is 6.42 Å². The molecule has 0 bridgehead atoms. The molecule has 1 aliphatic heterocycles. The maximum atomic E-state index is 10.7. The zero-order valence-electron chi connectivity index (χ0n) is 12.8. The Bertz CT molecular complexity index is 631. The number of hydrogen-bond acceptors (Lipinski definition) is 2. The summed E-state index contributed by atoms with van der Waals surface area (Å²) in [5, 5.41) is 10.7. The van der Waals surface area contributed by atoms with Crippen LogP contribution in [0, 0.1) is 0 Å². The molecule has 2 unspecified atom stereocenters. The molecule has 2 atom stereocenters. The van der Waals surface area contributed by atoms with Gasteiger partial charge in [-0.3, -0.25) is 0 Å². The van der Waals surface area contributed by atoms with E-state index >= 15 is 0 Å². The highest BCUT2D eigenvalue weighted by molar-refractivity contribution is 5.43. The fourth-order valence-electron chi connectivity index (χ4n) is 3.04. The Morgan fingerprint density at radius 1 is 1.05 bits per heavy atom. The van der Waals surface area contributed by atoms with Crippen molar-refractivity contribution in [2.24, 2.45) is 0 Å². The van der Waals surface area contributed by atoms with E-state index in [0.29, 0.717) is 0 Å². The molecule has 0 saturated carbocycles. The SMILES string of the molecule is CC(c1ccccc1)C(O)c1ccc2c(c1)CC(C)(C)O2. The minimum Gasteiger partial charge on any atom is -0.487 e. The van der Waals surface area contributed by atoms with Crippen LogP contribution in [0.3, 0.4) is 0 Å². The Balaban J connectivity index is 1.85. The first-order valence-electron chi connectivity index (χ1n) is 7.51. The second kappa shape index (κ2) is 5.19. The van der Waals surface area contributed by atoms with E-state index in [1.165, 1.54) is 5.56 Å². The third-order valence-corrected chi connectivity index (χ3v) is 4.23. The van der Waals surface area contributed by atoms with Crippen LogP contribution in [0.4, 0.5) is 0 Å². The van der Waals surface area contributed by atoms with E-state index in [-0.39, 0.29) is 11.5 Å². The lowest BCUT2D eigenvalue weighted by atomic mass is 9.89. The Kier molecular flexibility index (Phi) is 3.50. The first-order valence-corrected chi connectivity index (χ1v) is 7.51. The Labute approximate surface area is 126 Å². The molecule has 0 spiro atoms. The minimum atomic E-state index is -0.499. The zero-order chi connectivity index (χ0) is 15.0. The van der Waals surface area contributed by atoms with Gasteiger partial charge in [-0.25, -0.2) is 0 Å². The first kappa shape index (κ1) is 14.2. The Morgan fingerprint density at radius 3 is 2.48 bits per heavy atom. The molecule has 3 rings (SSSR count). The van der Waals surface area contributed by atoms with Gasteiger partial charge in [0.1, 0.15) is 11.4 Å². The summed E-state index contributed by atoms with van der Waals surface area (Å²) in [6.07, 6.45) is 0.393. The smallest absolute Gasteiger partial charge is 0.123 e. The van der Waals surface area contributed by atoms with Crippen LogP contribution >= 0.6 is 0 Å². The average Bonchev–Trinajstić information content (AvgIpc) is 2.79. The highest BCUT2D eigenvalue weighted by Crippen LogP contribution is 2.38. The maximum Gasteiger partial charge on any atom is 0.123 e. The van der Waals surface area contributed by atoms with Gasteiger partial charge in [-0.15, -0.1) is 0 Å². The van der Waals surface area contributed by atoms with Gasteiger partial charge in [0.05, 0.1) is 6.10 Å². The van der Waals surface area contributed by atoms with E-state index in [9.17, 15) is 5.11 Å². The van der Waals surface area contributed by atoms with Gasteiger partial charge in [0.25, 0.3) is 0 Å². The molecule has 0 radical (unpaired) electrons. The summed E-state index contributed by atoms with van der Waals surface area (Å²) in [4.78, 5) is 0. The molecule has 2 aromatic carbocycles. The van der Waals surface area contributed by atoms with Crippen LogP contribution in [0.5, 0.6) is 5.75 Å². The summed E-state index contributed by atoms with van der Waals surface area (Å²) < 4.78 is 5.89. The number of aliphatic hydroxyl groups excluding tert-OH is 1. The molecule has 2 nitrogen and oxygen atoms in total. The second-order valence-electron chi connectivity index (χ2n) is 6.55. The fraction of sp³-hybridized carbons (Fsp3) is 0.368. The quantitative estimate of drug-likeness (QED) is 0.912. The maximum absolute atomic E-state index is 10.7. The zero-order valence-corrected chi connectivity index (χ0v) is 12.8. The van der Waals surface area contributed by atoms with Crippen molar-refractivity contribution in [3.63, 3.8) is 0 Å². The van der Waals surface area contributed by atoms with Crippen molar-refractivity contribution in [2.75, 3.05) is 0 Å². The molecule has 0 aromatic heterocycles. The van der Waals surface area contributed by atoms with Gasteiger partial charge in [0.2, 0.25) is 0 Å². The predicted molar refractivity (Wildman–Crippen MR) is 84.7 cm³/mol. The summed E-state index contributed by atoms with van der Waals surface area (Å²) in [5.74, 6) is 1.02. The van der Waals surface area contributed by atoms with Gasteiger partial charge in [0.15, 0.2) is 0 Å². The van der Waals surface area contributed by atoms with Crippen molar-refractivity contribution in [3.8, 4) is 5.75 Å². The van der Waals surface area contributed by atoms with E-state index in [2.05, 4.69) is 39.0 Å². The monoisotopic (exact) mass is 282 g/mol. The lowest BCUT2D eigenvalue weighted by Gasteiger charge is -2.20. The molecular formula is C19H22O2. The highest BCUT2D eigenvalue weighted by atomic mass is 16.5. The highest BCUT2D eigenvalue weighted by Gasteiger charge is 2.30. The number of aliphatic hydroxyl groups is 1. The molecule has 1 N–H and O–H groups in total. The van der Waals surface area contributed by atoms with E-state index in [1.807, 2.05) is 30.3 Å². The summed E-state index contributed by atoms with van der Waals surface area (Å²) in [6.45, 7) is 6.25. The number of ether oxygens (including phenoxy) is 1. The minimum absolute atomic E-state index is 0.0691. The van der Waals surface area contributed by atoms with Crippen LogP contribution in [0.1, 0.15) is 49.5 Å². The van der Waals surface area contributed by atoms with Crippen molar-refractivity contribution in [1.29, 1.82) is 0 Å². The standard InChI is InChI=1S/C19H22O2/c1-13(14-7-5-4-6-8-14)18(20)15-9-10-17-16(11-15)12-19(2,3)21-17/h4-11,13,18,20H,12H2,1-3H3. The average molecular weight is 282 g/mol. The summed E-state index contributed by atoms with van der Waals surface area (Å²) in [7, 11) is 0. The van der Waals surface area contributed by atoms with Crippen molar-refractivity contribution in [3.05, 3.63) is 65.2 Å². The summed E-state index contributed by atoms with van der Waals surface area (Å²) in [5.41, 5.74) is 3.17. The normalized spacial score (nSPS) is 18.7. The molecule has 110 valence electrons. The Hall–Kier alpha value is -1.80. The summed E-state index contributed by atoms with van der Waals surface area (Å²) in [6, 6.07) is 16.2. The number of benzene rings is 2. The molecule has 2 heteroatoms. The second-order valence-corrected chi connectivity index (χ2v) is 6.55. The molecule has 0 aliphatic carbocycles. The third-order valence-electron chi connectivity index (χ3n) is 4.23. The van der Waals surface area contributed by atoms with Crippen LogP contribution in [0.15, 0.2) is 48.5 Å². The lowest BCUT2D eigenvalue weighted by Crippen LogP contribution is -2.24. The fourth-order valence-corrected chi connectivity index (χ4v) is 3.04. The van der Waals surface area contributed by atoms with Crippen molar-refractivity contribution in [1.82, 2.24) is 0 Å². The van der Waals surface area contributed by atoms with Crippen LogP contribution in [0.2, 0.25) is 0 Å². The molecule has 0 amide bonds. The van der Waals surface area contributed by atoms with Crippen LogP contribution in [0.25, 0.3) is 0 Å². The van der Waals surface area contributed by atoms with Gasteiger partial charge in [0, 0.05) is 12.3 Å². The topological polar surface area (TPSA) is 29.5 Å². The van der Waals surface area contributed by atoms with Crippen LogP contribution in [-0.4, -0.2) is 10.7 Å². The molecule has 21 heavy (non-hydrogen) atoms. The molecule has 2 aromatic rings. The van der Waals surface area contributed by atoms with Gasteiger partial charge >= 0.3 is 0 Å². The number of fused-ring (bicyclic) bond motifs is 1. The van der Waals surface area contributed by atoms with E-state index in [1.54, 1.807) is 0 Å². The van der Waals surface area contributed by atoms with Crippen molar-refractivity contribution in [2.45, 2.75) is 44.8 Å².